The minimum atomic E-state index is -0.937. The number of rotatable bonds is 6. The van der Waals surface area contributed by atoms with Crippen LogP contribution >= 0.6 is 0 Å². The zero-order valence-corrected chi connectivity index (χ0v) is 13.6. The Balaban J connectivity index is 2.21. The predicted octanol–water partition coefficient (Wildman–Crippen LogP) is 2.37. The molecule has 0 aliphatic carbocycles. The van der Waals surface area contributed by atoms with Crippen LogP contribution in [0.1, 0.15) is 28.2 Å². The number of carboxylic acids is 1. The summed E-state index contributed by atoms with van der Waals surface area (Å²) in [5.41, 5.74) is 1.46. The van der Waals surface area contributed by atoms with Gasteiger partial charge in [-0.2, -0.15) is 5.10 Å². The van der Waals surface area contributed by atoms with E-state index in [1.54, 1.807) is 13.8 Å². The number of hydrogen-bond donors (Lipinski definition) is 2. The van der Waals surface area contributed by atoms with Gasteiger partial charge in [0.2, 0.25) is 0 Å². The number of hydrogen-bond acceptors (Lipinski definition) is 4. The van der Waals surface area contributed by atoms with Crippen molar-refractivity contribution in [2.75, 3.05) is 12.4 Å². The van der Waals surface area contributed by atoms with Crippen molar-refractivity contribution in [1.82, 2.24) is 9.78 Å². The summed E-state index contributed by atoms with van der Waals surface area (Å²) in [5.74, 6) is -1.93. The fraction of sp³-hybridized carbons (Fsp3) is 0.312. The van der Waals surface area contributed by atoms with Crippen molar-refractivity contribution in [1.29, 1.82) is 0 Å². The van der Waals surface area contributed by atoms with Crippen molar-refractivity contribution in [2.24, 2.45) is 0 Å². The van der Waals surface area contributed by atoms with Gasteiger partial charge in [0.25, 0.3) is 5.91 Å². The van der Waals surface area contributed by atoms with Gasteiger partial charge in [0.1, 0.15) is 11.6 Å². The lowest BCUT2D eigenvalue weighted by molar-refractivity contribution is -0.137. The number of carboxylic acid groups (broad SMARTS) is 1. The average molecular weight is 335 g/mol. The van der Waals surface area contributed by atoms with Crippen molar-refractivity contribution in [3.63, 3.8) is 0 Å². The van der Waals surface area contributed by atoms with Crippen LogP contribution in [0.2, 0.25) is 0 Å². The number of ether oxygens (including phenoxy) is 1. The highest BCUT2D eigenvalue weighted by Gasteiger charge is 2.18. The molecule has 0 aliphatic heterocycles. The first-order chi connectivity index (χ1) is 11.3. The second kappa shape index (κ2) is 7.12. The maximum absolute atomic E-state index is 14.0. The summed E-state index contributed by atoms with van der Waals surface area (Å²) < 4.78 is 20.4. The molecule has 0 aliphatic rings. The molecule has 0 saturated heterocycles. The molecule has 1 aromatic carbocycles. The van der Waals surface area contributed by atoms with E-state index in [1.807, 2.05) is 0 Å². The average Bonchev–Trinajstić information content (AvgIpc) is 2.80. The smallest absolute Gasteiger partial charge is 0.305 e. The van der Waals surface area contributed by atoms with Crippen LogP contribution < -0.4 is 10.1 Å². The summed E-state index contributed by atoms with van der Waals surface area (Å²) in [7, 11) is 1.41. The molecule has 0 radical (unpaired) electrons. The number of carbonyl (C=O) groups is 2. The molecule has 0 fully saturated rings. The van der Waals surface area contributed by atoms with E-state index in [2.05, 4.69) is 10.4 Å². The number of halogens is 1. The first-order valence-corrected chi connectivity index (χ1v) is 7.24. The molecular formula is C16H18FN3O4. The number of nitrogens with one attached hydrogen (secondary N) is 1. The Kier molecular flexibility index (Phi) is 5.18. The van der Waals surface area contributed by atoms with Gasteiger partial charge < -0.3 is 15.2 Å². The summed E-state index contributed by atoms with van der Waals surface area (Å²) in [6.45, 7) is 3.58. The summed E-state index contributed by atoms with van der Waals surface area (Å²) in [4.78, 5) is 23.0. The van der Waals surface area contributed by atoms with Crippen LogP contribution in [-0.4, -0.2) is 33.9 Å². The Morgan fingerprint density at radius 2 is 2.08 bits per heavy atom. The van der Waals surface area contributed by atoms with Crippen LogP contribution in [-0.2, 0) is 11.3 Å². The molecule has 0 saturated carbocycles. The lowest BCUT2D eigenvalue weighted by Crippen LogP contribution is -2.15. The van der Waals surface area contributed by atoms with Crippen molar-refractivity contribution in [3.8, 4) is 5.75 Å². The van der Waals surface area contributed by atoms with Gasteiger partial charge in [0.05, 0.1) is 42.7 Å². The predicted molar refractivity (Wildman–Crippen MR) is 84.9 cm³/mol. The van der Waals surface area contributed by atoms with Gasteiger partial charge in [-0.1, -0.05) is 0 Å². The summed E-state index contributed by atoms with van der Waals surface area (Å²) in [6, 6.07) is 3.96. The van der Waals surface area contributed by atoms with Crippen LogP contribution in [0.4, 0.5) is 10.1 Å². The number of anilines is 1. The molecule has 0 bridgehead atoms. The SMILES string of the molecule is COc1ccc(C(=O)Nc2c(C)nn(CCC(=O)O)c2C)c(F)c1. The molecule has 8 heteroatoms. The maximum Gasteiger partial charge on any atom is 0.305 e. The number of nitrogens with zero attached hydrogens (tertiary/aromatic N) is 2. The van der Waals surface area contributed by atoms with Crippen LogP contribution in [0.5, 0.6) is 5.75 Å². The number of amides is 1. The number of benzene rings is 1. The standard InChI is InChI=1S/C16H18FN3O4/c1-9-15(10(2)20(19-9)7-6-14(21)22)18-16(23)12-5-4-11(24-3)8-13(12)17/h4-5,8H,6-7H2,1-3H3,(H,18,23)(H,21,22). The number of carbonyl (C=O) groups excluding carboxylic acids is 1. The summed E-state index contributed by atoms with van der Waals surface area (Å²) >= 11 is 0. The number of aliphatic carboxylic acids is 1. The highest BCUT2D eigenvalue weighted by Crippen LogP contribution is 2.22. The Labute approximate surface area is 138 Å². The molecule has 2 rings (SSSR count). The van der Waals surface area contributed by atoms with E-state index in [4.69, 9.17) is 9.84 Å². The Morgan fingerprint density at radius 3 is 2.67 bits per heavy atom. The second-order valence-corrected chi connectivity index (χ2v) is 5.21. The fourth-order valence-electron chi connectivity index (χ4n) is 2.28. The molecule has 0 spiro atoms. The Hall–Kier alpha value is -2.90. The van der Waals surface area contributed by atoms with Crippen LogP contribution in [0.3, 0.4) is 0 Å². The van der Waals surface area contributed by atoms with E-state index in [-0.39, 0.29) is 18.5 Å². The molecule has 0 atom stereocenters. The van der Waals surface area contributed by atoms with Gasteiger partial charge in [-0.05, 0) is 26.0 Å². The normalized spacial score (nSPS) is 10.5. The molecule has 2 N–H and O–H groups in total. The van der Waals surface area contributed by atoms with Crippen molar-refractivity contribution < 1.29 is 23.8 Å². The van der Waals surface area contributed by atoms with E-state index >= 15 is 0 Å². The Morgan fingerprint density at radius 1 is 1.38 bits per heavy atom. The fourth-order valence-corrected chi connectivity index (χ4v) is 2.28. The minimum absolute atomic E-state index is 0.0809. The molecule has 1 heterocycles. The monoisotopic (exact) mass is 335 g/mol. The molecule has 1 amide bonds. The Bertz CT molecular complexity index is 786. The van der Waals surface area contributed by atoms with E-state index in [1.165, 1.54) is 23.9 Å². The highest BCUT2D eigenvalue weighted by molar-refractivity contribution is 6.05. The van der Waals surface area contributed by atoms with Gasteiger partial charge in [-0.15, -0.1) is 0 Å². The van der Waals surface area contributed by atoms with Gasteiger partial charge in [0, 0.05) is 6.07 Å². The van der Waals surface area contributed by atoms with Crippen LogP contribution in [0.25, 0.3) is 0 Å². The maximum atomic E-state index is 14.0. The minimum Gasteiger partial charge on any atom is -0.497 e. The zero-order valence-electron chi connectivity index (χ0n) is 13.6. The van der Waals surface area contributed by atoms with E-state index < -0.39 is 17.7 Å². The molecule has 0 unspecified atom stereocenters. The lowest BCUT2D eigenvalue weighted by Gasteiger charge is -2.08. The van der Waals surface area contributed by atoms with Crippen molar-refractivity contribution in [2.45, 2.75) is 26.8 Å². The van der Waals surface area contributed by atoms with E-state index in [0.29, 0.717) is 22.8 Å². The van der Waals surface area contributed by atoms with Gasteiger partial charge in [0.15, 0.2) is 0 Å². The summed E-state index contributed by atoms with van der Waals surface area (Å²) in [5, 5.41) is 15.6. The lowest BCUT2D eigenvalue weighted by atomic mass is 10.2. The molecule has 1 aromatic heterocycles. The molecule has 128 valence electrons. The van der Waals surface area contributed by atoms with Crippen molar-refractivity contribution >= 4 is 17.6 Å². The van der Waals surface area contributed by atoms with E-state index in [9.17, 15) is 14.0 Å². The second-order valence-electron chi connectivity index (χ2n) is 5.21. The van der Waals surface area contributed by atoms with Gasteiger partial charge >= 0.3 is 5.97 Å². The first-order valence-electron chi connectivity index (χ1n) is 7.24. The molecular weight excluding hydrogens is 317 g/mol. The highest BCUT2D eigenvalue weighted by atomic mass is 19.1. The topological polar surface area (TPSA) is 93.5 Å². The third-order valence-electron chi connectivity index (χ3n) is 3.58. The third-order valence-corrected chi connectivity index (χ3v) is 3.58. The molecule has 2 aromatic rings. The van der Waals surface area contributed by atoms with Gasteiger partial charge in [-0.3, -0.25) is 14.3 Å². The third kappa shape index (κ3) is 3.70. The number of aromatic nitrogens is 2. The van der Waals surface area contributed by atoms with Crippen molar-refractivity contribution in [3.05, 3.63) is 41.0 Å². The van der Waals surface area contributed by atoms with Crippen LogP contribution in [0.15, 0.2) is 18.2 Å². The zero-order chi connectivity index (χ0) is 17.9. The van der Waals surface area contributed by atoms with E-state index in [0.717, 1.165) is 6.07 Å². The largest absolute Gasteiger partial charge is 0.497 e. The van der Waals surface area contributed by atoms with Crippen LogP contribution in [0, 0.1) is 19.7 Å². The molecule has 24 heavy (non-hydrogen) atoms. The quantitative estimate of drug-likeness (QED) is 0.845. The molecule has 7 nitrogen and oxygen atoms in total. The first kappa shape index (κ1) is 17.5. The van der Waals surface area contributed by atoms with Gasteiger partial charge in [-0.25, -0.2) is 4.39 Å². The summed E-state index contributed by atoms with van der Waals surface area (Å²) in [6.07, 6.45) is -0.0809. The number of aryl methyl sites for hydroxylation is 2. The number of methoxy groups -OCH3 is 1.